The molecular formula is C11H17F2N3O2S. The third-order valence-corrected chi connectivity index (χ3v) is 5.18. The first-order valence-corrected chi connectivity index (χ1v) is 7.61. The molecule has 0 aliphatic carbocycles. The summed E-state index contributed by atoms with van der Waals surface area (Å²) in [5, 5.41) is 0. The summed E-state index contributed by atoms with van der Waals surface area (Å²) < 4.78 is 49.8. The summed E-state index contributed by atoms with van der Waals surface area (Å²) in [6.45, 7) is 4.75. The molecule has 2 heterocycles. The highest BCUT2D eigenvalue weighted by Gasteiger charge is 2.38. The standard InChI is InChI=1S/C11H17F2N3O2S/c1-7-8(2)14-9(3)16-6-19(17,18)15(4-10(7)16)5-11(12)13/h8,11H,4-6H2,1-3H3. The summed E-state index contributed by atoms with van der Waals surface area (Å²) in [7, 11) is -3.70. The Labute approximate surface area is 111 Å². The number of halogens is 2. The van der Waals surface area contributed by atoms with Crippen molar-refractivity contribution < 1.29 is 17.2 Å². The van der Waals surface area contributed by atoms with Crippen molar-refractivity contribution in [2.24, 2.45) is 4.99 Å². The third-order valence-electron chi connectivity index (χ3n) is 3.53. The second kappa shape index (κ2) is 4.82. The van der Waals surface area contributed by atoms with Crippen LogP contribution in [0.2, 0.25) is 0 Å². The second-order valence-electron chi connectivity index (χ2n) is 4.83. The molecule has 5 nitrogen and oxygen atoms in total. The molecule has 1 saturated heterocycles. The molecule has 0 saturated carbocycles. The van der Waals surface area contributed by atoms with Gasteiger partial charge in [-0.05, 0) is 26.3 Å². The van der Waals surface area contributed by atoms with Crippen molar-refractivity contribution >= 4 is 15.9 Å². The van der Waals surface area contributed by atoms with Crippen molar-refractivity contribution in [2.75, 3.05) is 19.0 Å². The first-order chi connectivity index (χ1) is 8.72. The zero-order chi connectivity index (χ0) is 14.4. The number of amidine groups is 1. The van der Waals surface area contributed by atoms with E-state index < -0.39 is 23.0 Å². The Kier molecular flexibility index (Phi) is 3.65. The van der Waals surface area contributed by atoms with Crippen molar-refractivity contribution in [1.82, 2.24) is 9.21 Å². The van der Waals surface area contributed by atoms with Crippen molar-refractivity contribution in [3.63, 3.8) is 0 Å². The fraction of sp³-hybridized carbons (Fsp3) is 0.727. The predicted molar refractivity (Wildman–Crippen MR) is 68.5 cm³/mol. The molecule has 2 rings (SSSR count). The number of hydrogen-bond donors (Lipinski definition) is 0. The lowest BCUT2D eigenvalue weighted by Gasteiger charge is -2.41. The molecule has 0 spiro atoms. The van der Waals surface area contributed by atoms with Gasteiger partial charge in [-0.3, -0.25) is 4.99 Å². The summed E-state index contributed by atoms with van der Waals surface area (Å²) >= 11 is 0. The highest BCUT2D eigenvalue weighted by Crippen LogP contribution is 2.28. The van der Waals surface area contributed by atoms with Crippen LogP contribution in [-0.2, 0) is 10.0 Å². The first kappa shape index (κ1) is 14.4. The predicted octanol–water partition coefficient (Wildman–Crippen LogP) is 1.25. The van der Waals surface area contributed by atoms with Crippen molar-refractivity contribution in [3.05, 3.63) is 11.3 Å². The Hall–Kier alpha value is -1.02. The topological polar surface area (TPSA) is 53.0 Å². The highest BCUT2D eigenvalue weighted by molar-refractivity contribution is 7.89. The number of rotatable bonds is 2. The smallest absolute Gasteiger partial charge is 0.252 e. The minimum absolute atomic E-state index is 0.00426. The van der Waals surface area contributed by atoms with Crippen LogP contribution in [0.25, 0.3) is 0 Å². The number of sulfonamides is 1. The maximum absolute atomic E-state index is 12.5. The van der Waals surface area contributed by atoms with Gasteiger partial charge >= 0.3 is 0 Å². The van der Waals surface area contributed by atoms with E-state index in [1.807, 2.05) is 13.8 Å². The van der Waals surface area contributed by atoms with Gasteiger partial charge in [0.1, 0.15) is 11.7 Å². The summed E-state index contributed by atoms with van der Waals surface area (Å²) in [5.41, 5.74) is 1.70. The normalized spacial score (nSPS) is 27.6. The van der Waals surface area contributed by atoms with Gasteiger partial charge in [-0.25, -0.2) is 17.2 Å². The summed E-state index contributed by atoms with van der Waals surface area (Å²) in [6.07, 6.45) is -2.67. The van der Waals surface area contributed by atoms with Crippen LogP contribution in [0.4, 0.5) is 8.78 Å². The van der Waals surface area contributed by atoms with E-state index >= 15 is 0 Å². The summed E-state index contributed by atoms with van der Waals surface area (Å²) in [6, 6.07) is -0.0412. The minimum atomic E-state index is -3.70. The number of aliphatic imine (C=N–C) groups is 1. The SMILES string of the molecule is CC1=NC(C)C(C)=C2CN(CC(F)F)S(=O)(=O)CN12. The van der Waals surface area contributed by atoms with E-state index in [9.17, 15) is 17.2 Å². The van der Waals surface area contributed by atoms with Crippen LogP contribution in [0.15, 0.2) is 16.3 Å². The zero-order valence-electron chi connectivity index (χ0n) is 11.1. The van der Waals surface area contributed by atoms with Crippen LogP contribution in [0.3, 0.4) is 0 Å². The molecule has 108 valence electrons. The molecule has 0 aromatic rings. The lowest BCUT2D eigenvalue weighted by molar-refractivity contribution is 0.118. The molecule has 1 atom stereocenters. The van der Waals surface area contributed by atoms with Crippen molar-refractivity contribution in [1.29, 1.82) is 0 Å². The Morgan fingerprint density at radius 2 is 2.05 bits per heavy atom. The van der Waals surface area contributed by atoms with Gasteiger partial charge in [0.15, 0.2) is 0 Å². The molecule has 2 aliphatic rings. The van der Waals surface area contributed by atoms with Gasteiger partial charge in [0.2, 0.25) is 10.0 Å². The Morgan fingerprint density at radius 3 is 2.63 bits per heavy atom. The fourth-order valence-corrected chi connectivity index (χ4v) is 3.81. The molecule has 0 radical (unpaired) electrons. The van der Waals surface area contributed by atoms with E-state index in [4.69, 9.17) is 0 Å². The van der Waals surface area contributed by atoms with E-state index in [0.717, 1.165) is 15.6 Å². The Bertz CT molecular complexity index is 542. The molecule has 0 aromatic carbocycles. The molecule has 19 heavy (non-hydrogen) atoms. The van der Waals surface area contributed by atoms with Crippen LogP contribution >= 0.6 is 0 Å². The van der Waals surface area contributed by atoms with E-state index in [1.54, 1.807) is 11.8 Å². The number of hydrogen-bond acceptors (Lipinski definition) is 4. The molecule has 0 N–H and O–H groups in total. The van der Waals surface area contributed by atoms with Crippen LogP contribution in [0.1, 0.15) is 20.8 Å². The van der Waals surface area contributed by atoms with Gasteiger partial charge < -0.3 is 4.90 Å². The van der Waals surface area contributed by atoms with Crippen LogP contribution < -0.4 is 0 Å². The highest BCUT2D eigenvalue weighted by atomic mass is 32.2. The van der Waals surface area contributed by atoms with Gasteiger partial charge in [0, 0.05) is 5.70 Å². The monoisotopic (exact) mass is 293 g/mol. The molecular weight excluding hydrogens is 276 g/mol. The van der Waals surface area contributed by atoms with Gasteiger partial charge in [0.25, 0.3) is 6.43 Å². The fourth-order valence-electron chi connectivity index (χ4n) is 2.32. The van der Waals surface area contributed by atoms with Crippen molar-refractivity contribution in [2.45, 2.75) is 33.2 Å². The molecule has 8 heteroatoms. The Morgan fingerprint density at radius 1 is 1.42 bits per heavy atom. The molecule has 0 aromatic heterocycles. The molecule has 1 unspecified atom stereocenters. The lowest BCUT2D eigenvalue weighted by Crippen LogP contribution is -2.53. The van der Waals surface area contributed by atoms with E-state index in [0.29, 0.717) is 5.84 Å². The zero-order valence-corrected chi connectivity index (χ0v) is 11.9. The average Bonchev–Trinajstić information content (AvgIpc) is 2.27. The van der Waals surface area contributed by atoms with Crippen molar-refractivity contribution in [3.8, 4) is 0 Å². The van der Waals surface area contributed by atoms with E-state index in [2.05, 4.69) is 4.99 Å². The first-order valence-electron chi connectivity index (χ1n) is 6.00. The molecule has 0 bridgehead atoms. The van der Waals surface area contributed by atoms with Crippen LogP contribution in [0.5, 0.6) is 0 Å². The second-order valence-corrected chi connectivity index (χ2v) is 6.77. The number of alkyl halides is 2. The number of fused-ring (bicyclic) bond motifs is 1. The maximum Gasteiger partial charge on any atom is 0.252 e. The number of nitrogens with zero attached hydrogens (tertiary/aromatic N) is 3. The summed E-state index contributed by atoms with van der Waals surface area (Å²) in [4.78, 5) is 5.96. The lowest BCUT2D eigenvalue weighted by atomic mass is 10.1. The van der Waals surface area contributed by atoms with Gasteiger partial charge in [-0.2, -0.15) is 4.31 Å². The van der Waals surface area contributed by atoms with Crippen LogP contribution in [-0.4, -0.2) is 54.9 Å². The largest absolute Gasteiger partial charge is 0.316 e. The minimum Gasteiger partial charge on any atom is -0.316 e. The van der Waals surface area contributed by atoms with Gasteiger partial charge in [0.05, 0.1) is 19.1 Å². The molecule has 1 fully saturated rings. The van der Waals surface area contributed by atoms with Crippen LogP contribution in [0, 0.1) is 0 Å². The maximum atomic E-state index is 12.5. The quantitative estimate of drug-likeness (QED) is 0.770. The van der Waals surface area contributed by atoms with E-state index in [1.165, 1.54) is 0 Å². The summed E-state index contributed by atoms with van der Waals surface area (Å²) in [5.74, 6) is 0.308. The molecule has 2 aliphatic heterocycles. The Balaban J connectivity index is 2.36. The third kappa shape index (κ3) is 2.64. The van der Waals surface area contributed by atoms with E-state index in [-0.39, 0.29) is 18.5 Å². The molecule has 0 amide bonds. The average molecular weight is 293 g/mol. The van der Waals surface area contributed by atoms with Gasteiger partial charge in [-0.15, -0.1) is 0 Å². The van der Waals surface area contributed by atoms with Gasteiger partial charge in [-0.1, -0.05) is 0 Å².